The second kappa shape index (κ2) is 12.4. The van der Waals surface area contributed by atoms with Crippen molar-refractivity contribution < 1.29 is 14.6 Å². The maximum atomic E-state index is 11.1. The Bertz CT molecular complexity index is 578. The van der Waals surface area contributed by atoms with Crippen LogP contribution in [-0.4, -0.2) is 18.2 Å². The molecule has 1 aromatic rings. The van der Waals surface area contributed by atoms with Crippen LogP contribution < -0.4 is 0 Å². The molecule has 3 heteroatoms. The van der Waals surface area contributed by atoms with Crippen molar-refractivity contribution in [2.45, 2.75) is 58.0 Å². The van der Waals surface area contributed by atoms with Crippen molar-refractivity contribution in [2.75, 3.05) is 7.11 Å². The third kappa shape index (κ3) is 7.99. The fourth-order valence-corrected chi connectivity index (χ4v) is 2.30. The van der Waals surface area contributed by atoms with E-state index in [4.69, 9.17) is 0 Å². The number of benzene rings is 1. The van der Waals surface area contributed by atoms with Crippen molar-refractivity contribution >= 4 is 12.0 Å². The molecule has 0 aliphatic carbocycles. The van der Waals surface area contributed by atoms with Crippen molar-refractivity contribution in [3.63, 3.8) is 0 Å². The van der Waals surface area contributed by atoms with Gasteiger partial charge in [-0.15, -0.1) is 5.92 Å². The van der Waals surface area contributed by atoms with Crippen LogP contribution in [-0.2, 0) is 9.53 Å². The molecular weight excluding hydrogens is 300 g/mol. The van der Waals surface area contributed by atoms with E-state index >= 15 is 0 Å². The second-order valence-electron chi connectivity index (χ2n) is 5.68. The summed E-state index contributed by atoms with van der Waals surface area (Å²) in [6, 6.07) is 7.72. The minimum Gasteiger partial charge on any atom is -0.469 e. The van der Waals surface area contributed by atoms with E-state index in [2.05, 4.69) is 23.5 Å². The number of aliphatic hydroxyl groups is 1. The van der Waals surface area contributed by atoms with Gasteiger partial charge >= 0.3 is 5.97 Å². The lowest BCUT2D eigenvalue weighted by Gasteiger charge is -2.08. The standard InChI is InChI=1S/C21H28O3/c1-3-4-5-6-9-16-20(22)19-15-12-11-14-18(19)13-8-7-10-17-21(23)24-2/h8,11-15,20,22H,3-7,10,17H2,1-2H3/b13-8+. The molecule has 0 amide bonds. The van der Waals surface area contributed by atoms with Crippen LogP contribution in [0, 0.1) is 11.8 Å². The van der Waals surface area contributed by atoms with Crippen molar-refractivity contribution in [1.29, 1.82) is 0 Å². The van der Waals surface area contributed by atoms with E-state index in [0.29, 0.717) is 6.42 Å². The number of ether oxygens (including phenoxy) is 1. The smallest absolute Gasteiger partial charge is 0.305 e. The Labute approximate surface area is 145 Å². The van der Waals surface area contributed by atoms with Gasteiger partial charge in [-0.2, -0.15) is 0 Å². The van der Waals surface area contributed by atoms with E-state index in [0.717, 1.165) is 36.8 Å². The molecule has 1 aromatic carbocycles. The number of hydrogen-bond acceptors (Lipinski definition) is 3. The van der Waals surface area contributed by atoms with E-state index in [1.807, 2.05) is 36.4 Å². The molecule has 1 rings (SSSR count). The first kappa shape index (κ1) is 20.0. The molecule has 0 aliphatic rings. The van der Waals surface area contributed by atoms with E-state index in [1.165, 1.54) is 20.0 Å². The van der Waals surface area contributed by atoms with Crippen LogP contribution in [0.25, 0.3) is 6.08 Å². The predicted molar refractivity (Wildman–Crippen MR) is 98.2 cm³/mol. The lowest BCUT2D eigenvalue weighted by atomic mass is 10.0. The number of carbonyl (C=O) groups excluding carboxylic acids is 1. The molecule has 1 atom stereocenters. The topological polar surface area (TPSA) is 46.5 Å². The minimum absolute atomic E-state index is 0.183. The molecule has 130 valence electrons. The average Bonchev–Trinajstić information content (AvgIpc) is 2.61. The highest BCUT2D eigenvalue weighted by Gasteiger charge is 2.07. The first-order chi connectivity index (χ1) is 11.7. The molecule has 0 spiro atoms. The molecule has 0 radical (unpaired) electrons. The summed E-state index contributed by atoms with van der Waals surface area (Å²) in [6.45, 7) is 2.16. The molecule has 24 heavy (non-hydrogen) atoms. The van der Waals surface area contributed by atoms with E-state index in [1.54, 1.807) is 0 Å². The molecule has 0 saturated heterocycles. The summed E-state index contributed by atoms with van der Waals surface area (Å²) in [4.78, 5) is 11.1. The van der Waals surface area contributed by atoms with E-state index in [-0.39, 0.29) is 5.97 Å². The fourth-order valence-electron chi connectivity index (χ4n) is 2.30. The maximum Gasteiger partial charge on any atom is 0.305 e. The Morgan fingerprint density at radius 1 is 1.29 bits per heavy atom. The molecule has 3 nitrogen and oxygen atoms in total. The number of allylic oxidation sites excluding steroid dienone is 1. The lowest BCUT2D eigenvalue weighted by Crippen LogP contribution is -1.98. The summed E-state index contributed by atoms with van der Waals surface area (Å²) in [6.07, 6.45) is 9.47. The highest BCUT2D eigenvalue weighted by molar-refractivity contribution is 5.69. The lowest BCUT2D eigenvalue weighted by molar-refractivity contribution is -0.140. The van der Waals surface area contributed by atoms with Gasteiger partial charge in [-0.1, -0.05) is 62.1 Å². The van der Waals surface area contributed by atoms with Crippen LogP contribution in [0.1, 0.15) is 69.1 Å². The Morgan fingerprint density at radius 2 is 2.08 bits per heavy atom. The van der Waals surface area contributed by atoms with Gasteiger partial charge in [0.25, 0.3) is 0 Å². The van der Waals surface area contributed by atoms with Crippen LogP contribution in [0.15, 0.2) is 30.3 Å². The monoisotopic (exact) mass is 328 g/mol. The first-order valence-electron chi connectivity index (χ1n) is 8.67. The van der Waals surface area contributed by atoms with Crippen molar-refractivity contribution in [2.24, 2.45) is 0 Å². The number of methoxy groups -OCH3 is 1. The minimum atomic E-state index is -0.762. The third-order valence-corrected chi connectivity index (χ3v) is 3.71. The van der Waals surface area contributed by atoms with Gasteiger partial charge < -0.3 is 9.84 Å². The molecule has 1 unspecified atom stereocenters. The number of aliphatic hydroxyl groups excluding tert-OH is 1. The second-order valence-corrected chi connectivity index (χ2v) is 5.68. The SMILES string of the molecule is CCCCCC#CC(O)c1ccccc1/C=C/CCCC(=O)OC. The highest BCUT2D eigenvalue weighted by Crippen LogP contribution is 2.19. The van der Waals surface area contributed by atoms with Gasteiger partial charge in [0.15, 0.2) is 0 Å². The number of carbonyl (C=O) groups is 1. The maximum absolute atomic E-state index is 11.1. The number of hydrogen-bond donors (Lipinski definition) is 1. The summed E-state index contributed by atoms with van der Waals surface area (Å²) >= 11 is 0. The van der Waals surface area contributed by atoms with Crippen molar-refractivity contribution in [3.8, 4) is 11.8 Å². The fraction of sp³-hybridized carbons (Fsp3) is 0.476. The molecule has 0 heterocycles. The van der Waals surface area contributed by atoms with Gasteiger partial charge in [-0.3, -0.25) is 4.79 Å². The van der Waals surface area contributed by atoms with Gasteiger partial charge in [-0.05, 0) is 30.4 Å². The number of esters is 1. The summed E-state index contributed by atoms with van der Waals surface area (Å²) in [5.74, 6) is 5.82. The van der Waals surface area contributed by atoms with Crippen LogP contribution >= 0.6 is 0 Å². The van der Waals surface area contributed by atoms with Gasteiger partial charge in [0, 0.05) is 12.8 Å². The predicted octanol–water partition coefficient (Wildman–Crippen LogP) is 4.66. The van der Waals surface area contributed by atoms with Gasteiger partial charge in [0.1, 0.15) is 6.10 Å². The molecule has 1 N–H and O–H groups in total. The molecular formula is C21H28O3. The highest BCUT2D eigenvalue weighted by atomic mass is 16.5. The van der Waals surface area contributed by atoms with Crippen LogP contribution in [0.3, 0.4) is 0 Å². The molecule has 0 fully saturated rings. The summed E-state index contributed by atoms with van der Waals surface area (Å²) < 4.78 is 4.62. The van der Waals surface area contributed by atoms with Crippen LogP contribution in [0.2, 0.25) is 0 Å². The van der Waals surface area contributed by atoms with Gasteiger partial charge in [0.2, 0.25) is 0 Å². The van der Waals surface area contributed by atoms with Gasteiger partial charge in [0.05, 0.1) is 7.11 Å². The normalized spacial score (nSPS) is 11.8. The van der Waals surface area contributed by atoms with Crippen molar-refractivity contribution in [1.82, 2.24) is 0 Å². The number of unbranched alkanes of at least 4 members (excludes halogenated alkanes) is 4. The summed E-state index contributed by atoms with van der Waals surface area (Å²) in [5.41, 5.74) is 1.79. The Morgan fingerprint density at radius 3 is 2.83 bits per heavy atom. The Balaban J connectivity index is 2.58. The zero-order valence-corrected chi connectivity index (χ0v) is 14.8. The molecule has 0 aromatic heterocycles. The molecule has 0 saturated carbocycles. The molecule has 0 bridgehead atoms. The summed E-state index contributed by atoms with van der Waals surface area (Å²) in [5, 5.41) is 10.3. The Hall–Kier alpha value is -2.05. The first-order valence-corrected chi connectivity index (χ1v) is 8.67. The zero-order valence-electron chi connectivity index (χ0n) is 14.8. The van der Waals surface area contributed by atoms with Crippen LogP contribution in [0.4, 0.5) is 0 Å². The van der Waals surface area contributed by atoms with E-state index in [9.17, 15) is 9.90 Å². The molecule has 0 aliphatic heterocycles. The largest absolute Gasteiger partial charge is 0.469 e. The third-order valence-electron chi connectivity index (χ3n) is 3.71. The van der Waals surface area contributed by atoms with Crippen LogP contribution in [0.5, 0.6) is 0 Å². The summed E-state index contributed by atoms with van der Waals surface area (Å²) in [7, 11) is 1.40. The quantitative estimate of drug-likeness (QED) is 0.407. The van der Waals surface area contributed by atoms with Crippen molar-refractivity contribution in [3.05, 3.63) is 41.5 Å². The number of rotatable bonds is 9. The van der Waals surface area contributed by atoms with Gasteiger partial charge in [-0.25, -0.2) is 0 Å². The van der Waals surface area contributed by atoms with E-state index < -0.39 is 6.10 Å². The zero-order chi connectivity index (χ0) is 17.6. The average molecular weight is 328 g/mol. The Kier molecular flexibility index (Phi) is 10.3.